The molecule has 0 spiro atoms. The van der Waals surface area contributed by atoms with Gasteiger partial charge < -0.3 is 10.5 Å². The molecule has 0 unspecified atom stereocenters. The molecule has 1 aliphatic rings. The Morgan fingerprint density at radius 1 is 1.37 bits per heavy atom. The third-order valence-electron chi connectivity index (χ3n) is 3.08. The maximum atomic E-state index is 5.85. The molecule has 0 amide bonds. The zero-order valence-corrected chi connectivity index (χ0v) is 11.2. The number of thiazole rings is 1. The minimum Gasteiger partial charge on any atom is -0.382 e. The molecule has 1 atom stereocenters. The van der Waals surface area contributed by atoms with Crippen molar-refractivity contribution in [2.45, 2.75) is 12.6 Å². The van der Waals surface area contributed by atoms with E-state index in [-0.39, 0.29) is 6.10 Å². The highest BCUT2D eigenvalue weighted by atomic mass is 32.1. The van der Waals surface area contributed by atoms with E-state index >= 15 is 0 Å². The highest BCUT2D eigenvalue weighted by Gasteiger charge is 2.25. The first-order valence-corrected chi connectivity index (χ1v) is 7.04. The van der Waals surface area contributed by atoms with Gasteiger partial charge in [0.15, 0.2) is 0 Å². The van der Waals surface area contributed by atoms with Crippen molar-refractivity contribution >= 4 is 17.2 Å². The third kappa shape index (κ3) is 2.89. The molecule has 19 heavy (non-hydrogen) atoms. The second kappa shape index (κ2) is 5.60. The number of rotatable bonds is 3. The first-order chi connectivity index (χ1) is 9.33. The summed E-state index contributed by atoms with van der Waals surface area (Å²) in [5, 5.41) is 2.07. The first-order valence-electron chi connectivity index (χ1n) is 6.10. The van der Waals surface area contributed by atoms with Crippen LogP contribution >= 0.6 is 11.3 Å². The van der Waals surface area contributed by atoms with E-state index in [0.29, 0.717) is 12.4 Å². The van der Waals surface area contributed by atoms with Gasteiger partial charge in [-0.15, -0.1) is 11.3 Å². The van der Waals surface area contributed by atoms with Crippen molar-refractivity contribution in [2.75, 3.05) is 25.4 Å². The predicted molar refractivity (Wildman–Crippen MR) is 72.5 cm³/mol. The maximum Gasteiger partial charge on any atom is 0.147 e. The lowest BCUT2D eigenvalue weighted by Crippen LogP contribution is -2.38. The van der Waals surface area contributed by atoms with Crippen LogP contribution in [0.4, 0.5) is 5.82 Å². The number of nitrogens with two attached hydrogens (primary N) is 1. The van der Waals surface area contributed by atoms with Gasteiger partial charge in [-0.1, -0.05) is 0 Å². The van der Waals surface area contributed by atoms with Crippen LogP contribution in [-0.2, 0) is 11.3 Å². The molecular weight excluding hydrogens is 262 g/mol. The van der Waals surface area contributed by atoms with E-state index in [1.165, 1.54) is 0 Å². The zero-order valence-electron chi connectivity index (χ0n) is 10.4. The third-order valence-corrected chi connectivity index (χ3v) is 3.72. The fourth-order valence-corrected chi connectivity index (χ4v) is 2.71. The summed E-state index contributed by atoms with van der Waals surface area (Å²) < 4.78 is 5.75. The molecule has 2 N–H and O–H groups in total. The topological polar surface area (TPSA) is 77.2 Å². The van der Waals surface area contributed by atoms with Crippen LogP contribution in [0.5, 0.6) is 0 Å². The fraction of sp³-hybridized carbons (Fsp3) is 0.417. The Hall–Kier alpha value is -1.57. The van der Waals surface area contributed by atoms with E-state index in [1.54, 1.807) is 23.7 Å². The van der Waals surface area contributed by atoms with Crippen molar-refractivity contribution in [2.24, 2.45) is 0 Å². The van der Waals surface area contributed by atoms with Gasteiger partial charge in [0.1, 0.15) is 17.6 Å². The molecule has 3 rings (SSSR count). The number of anilines is 1. The summed E-state index contributed by atoms with van der Waals surface area (Å²) in [5.74, 6) is 0.447. The van der Waals surface area contributed by atoms with Crippen LogP contribution in [-0.4, -0.2) is 39.5 Å². The number of ether oxygens (including phenoxy) is 1. The standard InChI is InChI=1S/C12H15N5OS/c13-12-11(14-1-2-15-12)10-6-17(3-4-18-10)5-9-7-19-8-16-9/h1-2,7-8,10H,3-6H2,(H2,13,15)/t10-/m0/s1. The molecule has 6 nitrogen and oxygen atoms in total. The van der Waals surface area contributed by atoms with Crippen molar-refractivity contribution in [3.05, 3.63) is 34.7 Å². The van der Waals surface area contributed by atoms with Crippen molar-refractivity contribution in [3.63, 3.8) is 0 Å². The molecule has 0 aromatic carbocycles. The van der Waals surface area contributed by atoms with Gasteiger partial charge in [0.05, 0.1) is 17.8 Å². The van der Waals surface area contributed by atoms with Crippen LogP contribution in [0.25, 0.3) is 0 Å². The van der Waals surface area contributed by atoms with Gasteiger partial charge in [-0.2, -0.15) is 0 Å². The van der Waals surface area contributed by atoms with Gasteiger partial charge in [-0.3, -0.25) is 9.88 Å². The molecule has 2 aromatic heterocycles. The molecule has 0 bridgehead atoms. The Balaban J connectivity index is 1.70. The van der Waals surface area contributed by atoms with Crippen LogP contribution in [0.2, 0.25) is 0 Å². The van der Waals surface area contributed by atoms with Crippen LogP contribution in [0, 0.1) is 0 Å². The molecular formula is C12H15N5OS. The molecule has 1 aliphatic heterocycles. The van der Waals surface area contributed by atoms with Crippen LogP contribution in [0.15, 0.2) is 23.3 Å². The van der Waals surface area contributed by atoms with E-state index in [9.17, 15) is 0 Å². The fourth-order valence-electron chi connectivity index (χ4n) is 2.16. The van der Waals surface area contributed by atoms with Crippen molar-refractivity contribution in [1.82, 2.24) is 19.9 Å². The average Bonchev–Trinajstić information content (AvgIpc) is 2.92. The summed E-state index contributed by atoms with van der Waals surface area (Å²) in [7, 11) is 0. The molecule has 7 heteroatoms. The Morgan fingerprint density at radius 3 is 3.05 bits per heavy atom. The first kappa shape index (κ1) is 12.5. The highest BCUT2D eigenvalue weighted by Crippen LogP contribution is 2.24. The number of nitrogen functional groups attached to an aromatic ring is 1. The minimum absolute atomic E-state index is 0.110. The number of hydrogen-bond acceptors (Lipinski definition) is 7. The number of aromatic nitrogens is 3. The van der Waals surface area contributed by atoms with Gasteiger partial charge in [-0.05, 0) is 0 Å². The summed E-state index contributed by atoms with van der Waals surface area (Å²) in [4.78, 5) is 15.0. The number of hydrogen-bond donors (Lipinski definition) is 1. The Bertz CT molecular complexity index is 533. The molecule has 0 aliphatic carbocycles. The number of nitrogens with zero attached hydrogens (tertiary/aromatic N) is 4. The van der Waals surface area contributed by atoms with Crippen molar-refractivity contribution < 1.29 is 4.74 Å². The lowest BCUT2D eigenvalue weighted by molar-refractivity contribution is -0.0350. The van der Waals surface area contributed by atoms with Crippen LogP contribution in [0.3, 0.4) is 0 Å². The van der Waals surface area contributed by atoms with Crippen molar-refractivity contribution in [3.8, 4) is 0 Å². The molecule has 100 valence electrons. The molecule has 0 radical (unpaired) electrons. The Kier molecular flexibility index (Phi) is 3.67. The van der Waals surface area contributed by atoms with Crippen LogP contribution < -0.4 is 5.73 Å². The lowest BCUT2D eigenvalue weighted by Gasteiger charge is -2.32. The van der Waals surface area contributed by atoms with E-state index < -0.39 is 0 Å². The second-order valence-corrected chi connectivity index (χ2v) is 5.12. The monoisotopic (exact) mass is 277 g/mol. The van der Waals surface area contributed by atoms with E-state index in [2.05, 4.69) is 25.2 Å². The summed E-state index contributed by atoms with van der Waals surface area (Å²) in [5.41, 5.74) is 9.53. The largest absolute Gasteiger partial charge is 0.382 e. The van der Waals surface area contributed by atoms with Gasteiger partial charge >= 0.3 is 0 Å². The Labute approximate surface area is 115 Å². The normalized spacial score (nSPS) is 20.5. The van der Waals surface area contributed by atoms with E-state index in [1.807, 2.05) is 5.51 Å². The second-order valence-electron chi connectivity index (χ2n) is 4.40. The SMILES string of the molecule is Nc1nccnc1[C@@H]1CN(Cc2cscn2)CCO1. The Morgan fingerprint density at radius 2 is 2.26 bits per heavy atom. The van der Waals surface area contributed by atoms with E-state index in [4.69, 9.17) is 10.5 Å². The zero-order chi connectivity index (χ0) is 13.1. The van der Waals surface area contributed by atoms with E-state index in [0.717, 1.165) is 31.0 Å². The predicted octanol–water partition coefficient (Wildman–Crippen LogP) is 1.09. The highest BCUT2D eigenvalue weighted by molar-refractivity contribution is 7.07. The van der Waals surface area contributed by atoms with Gasteiger partial charge in [0.2, 0.25) is 0 Å². The average molecular weight is 277 g/mol. The summed E-state index contributed by atoms with van der Waals surface area (Å²) in [6.45, 7) is 3.17. The van der Waals surface area contributed by atoms with Crippen LogP contribution in [0.1, 0.15) is 17.5 Å². The van der Waals surface area contributed by atoms with Gasteiger partial charge in [0, 0.05) is 37.4 Å². The summed E-state index contributed by atoms with van der Waals surface area (Å²) in [6, 6.07) is 0. The molecule has 1 fully saturated rings. The molecule has 0 saturated carbocycles. The number of morpholine rings is 1. The molecule has 2 aromatic rings. The smallest absolute Gasteiger partial charge is 0.147 e. The summed E-state index contributed by atoms with van der Waals surface area (Å²) in [6.07, 6.45) is 3.13. The maximum absolute atomic E-state index is 5.85. The molecule has 3 heterocycles. The lowest BCUT2D eigenvalue weighted by atomic mass is 10.2. The van der Waals surface area contributed by atoms with Crippen molar-refractivity contribution in [1.29, 1.82) is 0 Å². The molecule has 1 saturated heterocycles. The summed E-state index contributed by atoms with van der Waals surface area (Å²) >= 11 is 1.62. The quantitative estimate of drug-likeness (QED) is 0.905. The van der Waals surface area contributed by atoms with Gasteiger partial charge in [0.25, 0.3) is 0 Å². The van der Waals surface area contributed by atoms with Gasteiger partial charge in [-0.25, -0.2) is 9.97 Å². The minimum atomic E-state index is -0.110.